The van der Waals surface area contributed by atoms with Gasteiger partial charge in [0.1, 0.15) is 0 Å². The molecule has 8 heteroatoms. The molecule has 0 spiro atoms. The number of fused-ring (bicyclic) bond motifs is 1. The Labute approximate surface area is 107 Å². The van der Waals surface area contributed by atoms with Gasteiger partial charge in [-0.05, 0) is 0 Å². The van der Waals surface area contributed by atoms with Crippen LogP contribution in [0.1, 0.15) is 0 Å². The number of aliphatic hydroxyl groups excluding tert-OH is 1. The molecular formula is C10H14N4O3S. The molecule has 0 aliphatic carbocycles. The zero-order valence-electron chi connectivity index (χ0n) is 10.4. The maximum absolute atomic E-state index is 12.0. The Bertz CT molecular complexity index is 712. The molecule has 18 heavy (non-hydrogen) atoms. The molecule has 0 aromatic carbocycles. The maximum Gasteiger partial charge on any atom is 0.332 e. The first-order valence-corrected chi connectivity index (χ1v) is 6.33. The summed E-state index contributed by atoms with van der Waals surface area (Å²) in [5.41, 5.74) is -0.0279. The van der Waals surface area contributed by atoms with E-state index in [1.807, 2.05) is 0 Å². The summed E-state index contributed by atoms with van der Waals surface area (Å²) >= 11 is 1.34. The summed E-state index contributed by atoms with van der Waals surface area (Å²) in [6.07, 6.45) is 0. The molecule has 98 valence electrons. The minimum Gasteiger partial charge on any atom is -0.396 e. The highest BCUT2D eigenvalue weighted by Gasteiger charge is 2.16. The second-order valence-corrected chi connectivity index (χ2v) is 4.97. The van der Waals surface area contributed by atoms with Crippen LogP contribution in [0.4, 0.5) is 0 Å². The van der Waals surface area contributed by atoms with Crippen LogP contribution in [0.5, 0.6) is 0 Å². The monoisotopic (exact) mass is 270 g/mol. The van der Waals surface area contributed by atoms with E-state index in [0.717, 1.165) is 4.57 Å². The predicted octanol–water partition coefficient (Wildman–Crippen LogP) is -0.945. The highest BCUT2D eigenvalue weighted by molar-refractivity contribution is 7.99. The smallest absolute Gasteiger partial charge is 0.332 e. The number of imidazole rings is 1. The highest BCUT2D eigenvalue weighted by Crippen LogP contribution is 2.19. The van der Waals surface area contributed by atoms with E-state index in [1.54, 1.807) is 18.7 Å². The summed E-state index contributed by atoms with van der Waals surface area (Å²) in [6, 6.07) is 0. The number of hydrogen-bond donors (Lipinski definition) is 1. The van der Waals surface area contributed by atoms with Gasteiger partial charge in [-0.2, -0.15) is 0 Å². The number of nitrogens with zero attached hydrogens (tertiary/aromatic N) is 4. The Morgan fingerprint density at radius 2 is 1.83 bits per heavy atom. The molecule has 0 aliphatic rings. The van der Waals surface area contributed by atoms with Crippen LogP contribution in [-0.2, 0) is 21.1 Å². The molecular weight excluding hydrogens is 256 g/mol. The molecule has 2 heterocycles. The van der Waals surface area contributed by atoms with Crippen molar-refractivity contribution in [3.63, 3.8) is 0 Å². The summed E-state index contributed by atoms with van der Waals surface area (Å²) < 4.78 is 4.13. The van der Waals surface area contributed by atoms with Crippen LogP contribution in [0.15, 0.2) is 14.7 Å². The topological polar surface area (TPSA) is 82.1 Å². The molecule has 0 unspecified atom stereocenters. The third-order valence-electron chi connectivity index (χ3n) is 2.75. The van der Waals surface area contributed by atoms with Gasteiger partial charge in [-0.25, -0.2) is 9.78 Å². The molecule has 0 fully saturated rings. The SMILES string of the molecule is Cn1c(=O)c2nc(SCCO)n(C)c2n(C)c1=O. The molecule has 2 rings (SSSR count). The first-order valence-electron chi connectivity index (χ1n) is 5.35. The minimum absolute atomic E-state index is 0.0326. The summed E-state index contributed by atoms with van der Waals surface area (Å²) in [4.78, 5) is 28.0. The number of hydrogen-bond acceptors (Lipinski definition) is 5. The van der Waals surface area contributed by atoms with Crippen molar-refractivity contribution >= 4 is 22.9 Å². The average molecular weight is 270 g/mol. The molecule has 0 amide bonds. The predicted molar refractivity (Wildman–Crippen MR) is 69.0 cm³/mol. The molecule has 2 aromatic rings. The molecule has 0 saturated heterocycles. The Hall–Kier alpha value is -1.54. The Morgan fingerprint density at radius 3 is 2.44 bits per heavy atom. The van der Waals surface area contributed by atoms with E-state index in [1.165, 1.54) is 23.4 Å². The zero-order valence-corrected chi connectivity index (χ0v) is 11.2. The molecule has 0 atom stereocenters. The van der Waals surface area contributed by atoms with Crippen molar-refractivity contribution in [2.45, 2.75) is 5.16 Å². The fourth-order valence-electron chi connectivity index (χ4n) is 1.82. The molecule has 0 bridgehead atoms. The van der Waals surface area contributed by atoms with E-state index < -0.39 is 5.56 Å². The van der Waals surface area contributed by atoms with E-state index in [0.29, 0.717) is 16.6 Å². The van der Waals surface area contributed by atoms with Gasteiger partial charge in [0.25, 0.3) is 5.56 Å². The summed E-state index contributed by atoms with van der Waals surface area (Å²) in [6.45, 7) is 0.0326. The van der Waals surface area contributed by atoms with Gasteiger partial charge in [0.15, 0.2) is 16.3 Å². The van der Waals surface area contributed by atoms with E-state index in [4.69, 9.17) is 5.11 Å². The Morgan fingerprint density at radius 1 is 1.17 bits per heavy atom. The average Bonchev–Trinajstić information content (AvgIpc) is 2.69. The summed E-state index contributed by atoms with van der Waals surface area (Å²) in [5, 5.41) is 9.42. The standard InChI is InChI=1S/C10H14N4O3S/c1-12-7-6(11-9(12)18-5-4-15)8(16)14(3)10(17)13(7)2/h15H,4-5H2,1-3H3. The van der Waals surface area contributed by atoms with Crippen molar-refractivity contribution in [2.24, 2.45) is 21.1 Å². The van der Waals surface area contributed by atoms with Gasteiger partial charge in [0, 0.05) is 26.9 Å². The highest BCUT2D eigenvalue weighted by atomic mass is 32.2. The van der Waals surface area contributed by atoms with Crippen molar-refractivity contribution in [3.8, 4) is 0 Å². The third-order valence-corrected chi connectivity index (χ3v) is 3.76. The van der Waals surface area contributed by atoms with E-state index in [9.17, 15) is 9.59 Å². The van der Waals surface area contributed by atoms with Gasteiger partial charge >= 0.3 is 5.69 Å². The van der Waals surface area contributed by atoms with Gasteiger partial charge in [-0.1, -0.05) is 11.8 Å². The van der Waals surface area contributed by atoms with Crippen LogP contribution in [0.2, 0.25) is 0 Å². The molecule has 1 N–H and O–H groups in total. The number of aliphatic hydroxyl groups is 1. The number of aromatic nitrogens is 4. The molecule has 0 aliphatic heterocycles. The number of aryl methyl sites for hydroxylation is 2. The van der Waals surface area contributed by atoms with Gasteiger partial charge in [-0.3, -0.25) is 13.9 Å². The zero-order chi connectivity index (χ0) is 13.4. The van der Waals surface area contributed by atoms with Gasteiger partial charge in [-0.15, -0.1) is 0 Å². The molecule has 2 aromatic heterocycles. The van der Waals surface area contributed by atoms with E-state index in [2.05, 4.69) is 4.98 Å². The first kappa shape index (κ1) is 12.9. The normalized spacial score (nSPS) is 11.3. The maximum atomic E-state index is 12.0. The van der Waals surface area contributed by atoms with E-state index in [-0.39, 0.29) is 17.8 Å². The Kier molecular flexibility index (Phi) is 3.31. The van der Waals surface area contributed by atoms with Crippen molar-refractivity contribution < 1.29 is 5.11 Å². The minimum atomic E-state index is -0.403. The molecule has 7 nitrogen and oxygen atoms in total. The quantitative estimate of drug-likeness (QED) is 0.728. The fraction of sp³-hybridized carbons (Fsp3) is 0.500. The second-order valence-electron chi connectivity index (χ2n) is 3.90. The number of rotatable bonds is 3. The van der Waals surface area contributed by atoms with Gasteiger partial charge < -0.3 is 9.67 Å². The first-order chi connectivity index (χ1) is 8.49. The van der Waals surface area contributed by atoms with E-state index >= 15 is 0 Å². The largest absolute Gasteiger partial charge is 0.396 e. The van der Waals surface area contributed by atoms with Crippen LogP contribution in [0.25, 0.3) is 11.2 Å². The van der Waals surface area contributed by atoms with Gasteiger partial charge in [0.2, 0.25) is 0 Å². The van der Waals surface area contributed by atoms with Crippen molar-refractivity contribution in [1.29, 1.82) is 0 Å². The fourth-order valence-corrected chi connectivity index (χ4v) is 2.53. The van der Waals surface area contributed by atoms with Crippen molar-refractivity contribution in [2.75, 3.05) is 12.4 Å². The third kappa shape index (κ3) is 1.77. The van der Waals surface area contributed by atoms with Crippen LogP contribution < -0.4 is 11.2 Å². The lowest BCUT2D eigenvalue weighted by Crippen LogP contribution is -2.37. The Balaban J connectivity index is 2.80. The van der Waals surface area contributed by atoms with Crippen molar-refractivity contribution in [1.82, 2.24) is 18.7 Å². The van der Waals surface area contributed by atoms with Gasteiger partial charge in [0.05, 0.1) is 6.61 Å². The summed E-state index contributed by atoms with van der Waals surface area (Å²) in [7, 11) is 4.78. The van der Waals surface area contributed by atoms with Crippen LogP contribution >= 0.6 is 11.8 Å². The lowest BCUT2D eigenvalue weighted by Gasteiger charge is -2.05. The van der Waals surface area contributed by atoms with Crippen LogP contribution in [0.3, 0.4) is 0 Å². The van der Waals surface area contributed by atoms with Crippen LogP contribution in [0, 0.1) is 0 Å². The second kappa shape index (κ2) is 4.62. The lowest BCUT2D eigenvalue weighted by atomic mass is 10.5. The van der Waals surface area contributed by atoms with Crippen molar-refractivity contribution in [3.05, 3.63) is 20.8 Å². The lowest BCUT2D eigenvalue weighted by molar-refractivity contribution is 0.322. The molecule has 0 saturated carbocycles. The summed E-state index contributed by atoms with van der Waals surface area (Å²) in [5.74, 6) is 0.491. The number of thioether (sulfide) groups is 1. The van der Waals surface area contributed by atoms with Crippen LogP contribution in [-0.4, -0.2) is 36.2 Å². The molecule has 0 radical (unpaired) electrons.